The SMILES string of the molecule is COC(=O)C1=CN(C)C(N)C=C1. The number of methoxy groups -OCH3 is 1. The summed E-state index contributed by atoms with van der Waals surface area (Å²) in [5.74, 6) is -0.343. The van der Waals surface area contributed by atoms with Crippen molar-refractivity contribution in [1.29, 1.82) is 0 Å². The fourth-order valence-electron chi connectivity index (χ4n) is 0.925. The Morgan fingerprint density at radius 3 is 2.92 bits per heavy atom. The maximum absolute atomic E-state index is 11.0. The molecule has 4 nitrogen and oxygen atoms in total. The lowest BCUT2D eigenvalue weighted by Gasteiger charge is -2.23. The lowest BCUT2D eigenvalue weighted by molar-refractivity contribution is -0.135. The van der Waals surface area contributed by atoms with Crippen LogP contribution in [0.5, 0.6) is 0 Å². The first-order chi connectivity index (χ1) is 5.65. The lowest BCUT2D eigenvalue weighted by Crippen LogP contribution is -2.36. The molecule has 0 aromatic rings. The molecule has 66 valence electrons. The van der Waals surface area contributed by atoms with Crippen LogP contribution in [-0.4, -0.2) is 31.2 Å². The van der Waals surface area contributed by atoms with Gasteiger partial charge in [0, 0.05) is 13.2 Å². The van der Waals surface area contributed by atoms with E-state index < -0.39 is 0 Å². The van der Waals surface area contributed by atoms with Crippen molar-refractivity contribution in [2.75, 3.05) is 14.2 Å². The van der Waals surface area contributed by atoms with E-state index in [0.717, 1.165) is 0 Å². The van der Waals surface area contributed by atoms with E-state index in [2.05, 4.69) is 4.74 Å². The van der Waals surface area contributed by atoms with Crippen molar-refractivity contribution in [3.05, 3.63) is 23.9 Å². The van der Waals surface area contributed by atoms with Crippen molar-refractivity contribution in [2.45, 2.75) is 6.17 Å². The zero-order valence-corrected chi connectivity index (χ0v) is 7.15. The Morgan fingerprint density at radius 2 is 2.42 bits per heavy atom. The van der Waals surface area contributed by atoms with Gasteiger partial charge in [-0.15, -0.1) is 0 Å². The standard InChI is InChI=1S/C8H12N2O2/c1-10-5-6(8(11)12-2)3-4-7(10)9/h3-5,7H,9H2,1-2H3. The predicted molar refractivity (Wildman–Crippen MR) is 45.0 cm³/mol. The highest BCUT2D eigenvalue weighted by Crippen LogP contribution is 2.09. The van der Waals surface area contributed by atoms with Crippen LogP contribution in [0.25, 0.3) is 0 Å². The normalized spacial score (nSPS) is 22.1. The molecule has 1 atom stereocenters. The van der Waals surface area contributed by atoms with Crippen molar-refractivity contribution >= 4 is 5.97 Å². The molecule has 0 saturated heterocycles. The van der Waals surface area contributed by atoms with Crippen LogP contribution in [0.3, 0.4) is 0 Å². The van der Waals surface area contributed by atoms with E-state index in [9.17, 15) is 4.79 Å². The second-order valence-electron chi connectivity index (χ2n) is 2.59. The van der Waals surface area contributed by atoms with E-state index in [1.165, 1.54) is 7.11 Å². The zero-order valence-electron chi connectivity index (χ0n) is 7.15. The number of hydrogen-bond donors (Lipinski definition) is 1. The van der Waals surface area contributed by atoms with Crippen LogP contribution < -0.4 is 5.73 Å². The highest BCUT2D eigenvalue weighted by atomic mass is 16.5. The molecular weight excluding hydrogens is 156 g/mol. The van der Waals surface area contributed by atoms with E-state index in [4.69, 9.17) is 5.73 Å². The summed E-state index contributed by atoms with van der Waals surface area (Å²) in [7, 11) is 3.16. The number of ether oxygens (including phenoxy) is 1. The molecule has 0 bridgehead atoms. The molecule has 0 aromatic heterocycles. The maximum Gasteiger partial charge on any atom is 0.339 e. The van der Waals surface area contributed by atoms with Gasteiger partial charge in [0.05, 0.1) is 18.8 Å². The van der Waals surface area contributed by atoms with Crippen molar-refractivity contribution in [3.63, 3.8) is 0 Å². The third kappa shape index (κ3) is 1.65. The van der Waals surface area contributed by atoms with E-state index in [-0.39, 0.29) is 12.1 Å². The van der Waals surface area contributed by atoms with Crippen LogP contribution in [-0.2, 0) is 9.53 Å². The second kappa shape index (κ2) is 3.40. The van der Waals surface area contributed by atoms with Gasteiger partial charge < -0.3 is 15.4 Å². The second-order valence-corrected chi connectivity index (χ2v) is 2.59. The minimum absolute atomic E-state index is 0.154. The fraction of sp³-hybridized carbons (Fsp3) is 0.375. The summed E-state index contributed by atoms with van der Waals surface area (Å²) >= 11 is 0. The summed E-state index contributed by atoms with van der Waals surface area (Å²) in [5, 5.41) is 0. The van der Waals surface area contributed by atoms with Crippen molar-refractivity contribution in [3.8, 4) is 0 Å². The zero-order chi connectivity index (χ0) is 9.14. The van der Waals surface area contributed by atoms with Crippen LogP contribution in [0.2, 0.25) is 0 Å². The van der Waals surface area contributed by atoms with Gasteiger partial charge in [0.2, 0.25) is 0 Å². The van der Waals surface area contributed by atoms with Gasteiger partial charge >= 0.3 is 5.97 Å². The third-order valence-corrected chi connectivity index (χ3v) is 1.71. The summed E-state index contributed by atoms with van der Waals surface area (Å²) in [6.07, 6.45) is 4.91. The van der Waals surface area contributed by atoms with Gasteiger partial charge in [-0.3, -0.25) is 0 Å². The molecule has 1 unspecified atom stereocenters. The Labute approximate surface area is 71.3 Å². The Balaban J connectivity index is 2.76. The number of esters is 1. The Bertz CT molecular complexity index is 245. The average Bonchev–Trinajstić information content (AvgIpc) is 2.08. The number of carbonyl (C=O) groups is 1. The number of nitrogens with two attached hydrogens (primary N) is 1. The molecule has 0 fully saturated rings. The van der Waals surface area contributed by atoms with E-state index in [0.29, 0.717) is 5.57 Å². The molecule has 12 heavy (non-hydrogen) atoms. The lowest BCUT2D eigenvalue weighted by atomic mass is 10.2. The summed E-state index contributed by atoms with van der Waals surface area (Å²) < 4.78 is 4.55. The Morgan fingerprint density at radius 1 is 1.75 bits per heavy atom. The molecule has 4 heteroatoms. The van der Waals surface area contributed by atoms with Gasteiger partial charge in [-0.05, 0) is 12.2 Å². The van der Waals surface area contributed by atoms with Gasteiger partial charge in [0.15, 0.2) is 0 Å². The van der Waals surface area contributed by atoms with Crippen molar-refractivity contribution in [1.82, 2.24) is 4.90 Å². The van der Waals surface area contributed by atoms with E-state index >= 15 is 0 Å². The molecular formula is C8H12N2O2. The molecule has 1 aliphatic heterocycles. The van der Waals surface area contributed by atoms with Crippen LogP contribution in [0.15, 0.2) is 23.9 Å². The Kier molecular flexibility index (Phi) is 2.50. The van der Waals surface area contributed by atoms with E-state index in [1.807, 2.05) is 0 Å². The van der Waals surface area contributed by atoms with Crippen LogP contribution in [0.1, 0.15) is 0 Å². The molecule has 0 amide bonds. The van der Waals surface area contributed by atoms with Crippen molar-refractivity contribution in [2.24, 2.45) is 5.73 Å². The smallest absolute Gasteiger partial charge is 0.339 e. The number of nitrogens with zero attached hydrogens (tertiary/aromatic N) is 1. The number of hydrogen-bond acceptors (Lipinski definition) is 4. The first-order valence-electron chi connectivity index (χ1n) is 3.61. The maximum atomic E-state index is 11.0. The average molecular weight is 168 g/mol. The summed E-state index contributed by atoms with van der Waals surface area (Å²) in [6.45, 7) is 0. The molecule has 0 aliphatic carbocycles. The third-order valence-electron chi connectivity index (χ3n) is 1.71. The summed E-state index contributed by atoms with van der Waals surface area (Å²) in [6, 6.07) is 0. The van der Waals surface area contributed by atoms with Crippen LogP contribution in [0, 0.1) is 0 Å². The monoisotopic (exact) mass is 168 g/mol. The van der Waals surface area contributed by atoms with Gasteiger partial charge in [-0.25, -0.2) is 4.79 Å². The minimum Gasteiger partial charge on any atom is -0.465 e. The first-order valence-corrected chi connectivity index (χ1v) is 3.61. The van der Waals surface area contributed by atoms with Gasteiger partial charge in [0.1, 0.15) is 0 Å². The molecule has 2 N–H and O–H groups in total. The molecule has 0 aromatic carbocycles. The van der Waals surface area contributed by atoms with Gasteiger partial charge in [0.25, 0.3) is 0 Å². The highest BCUT2D eigenvalue weighted by molar-refractivity contribution is 5.91. The van der Waals surface area contributed by atoms with Crippen LogP contribution >= 0.6 is 0 Å². The molecule has 1 rings (SSSR count). The van der Waals surface area contributed by atoms with Crippen LogP contribution in [0.4, 0.5) is 0 Å². The summed E-state index contributed by atoms with van der Waals surface area (Å²) in [5.41, 5.74) is 6.14. The number of likely N-dealkylation sites (N-methyl/N-ethyl adjacent to an activating group) is 1. The topological polar surface area (TPSA) is 55.6 Å². The fourth-order valence-corrected chi connectivity index (χ4v) is 0.925. The Hall–Kier alpha value is -1.29. The summed E-state index contributed by atoms with van der Waals surface area (Å²) in [4.78, 5) is 12.8. The van der Waals surface area contributed by atoms with Gasteiger partial charge in [-0.1, -0.05) is 0 Å². The molecule has 1 heterocycles. The van der Waals surface area contributed by atoms with Gasteiger partial charge in [-0.2, -0.15) is 0 Å². The highest BCUT2D eigenvalue weighted by Gasteiger charge is 2.13. The predicted octanol–water partition coefficient (Wildman–Crippen LogP) is -0.170. The minimum atomic E-state index is -0.343. The molecule has 0 spiro atoms. The molecule has 0 radical (unpaired) electrons. The van der Waals surface area contributed by atoms with Crippen molar-refractivity contribution < 1.29 is 9.53 Å². The van der Waals surface area contributed by atoms with E-state index in [1.54, 1.807) is 30.3 Å². The number of carbonyl (C=O) groups excluding carboxylic acids is 1. The first kappa shape index (κ1) is 8.80. The molecule has 0 saturated carbocycles. The molecule has 1 aliphatic rings. The number of rotatable bonds is 1. The quantitative estimate of drug-likeness (QED) is 0.552. The largest absolute Gasteiger partial charge is 0.465 e.